The third-order valence-corrected chi connectivity index (χ3v) is 2.99. The number of rotatable bonds is 7. The second kappa shape index (κ2) is 7.17. The summed E-state index contributed by atoms with van der Waals surface area (Å²) < 4.78 is 36.4. The second-order valence-corrected chi connectivity index (χ2v) is 5.33. The van der Waals surface area contributed by atoms with E-state index in [1.807, 2.05) is 0 Å². The van der Waals surface area contributed by atoms with E-state index in [4.69, 9.17) is 4.74 Å². The summed E-state index contributed by atoms with van der Waals surface area (Å²) in [6.45, 7) is 0.746. The van der Waals surface area contributed by atoms with E-state index >= 15 is 0 Å². The Labute approximate surface area is 111 Å². The summed E-state index contributed by atoms with van der Waals surface area (Å²) in [6, 6.07) is 3.03. The zero-order valence-electron chi connectivity index (χ0n) is 10.5. The third kappa shape index (κ3) is 6.27. The van der Waals surface area contributed by atoms with E-state index in [1.54, 1.807) is 6.07 Å². The van der Waals surface area contributed by atoms with Crippen molar-refractivity contribution in [3.8, 4) is 0 Å². The number of aryl methyl sites for hydroxylation is 1. The molecule has 0 bridgehead atoms. The molecule has 0 unspecified atom stereocenters. The molecule has 0 saturated carbocycles. The molecule has 0 radical (unpaired) electrons. The summed E-state index contributed by atoms with van der Waals surface area (Å²) in [7, 11) is -2.74. The van der Waals surface area contributed by atoms with E-state index in [0.717, 1.165) is 0 Å². The van der Waals surface area contributed by atoms with Gasteiger partial charge < -0.3 is 14.6 Å². The first-order valence-electron chi connectivity index (χ1n) is 5.58. The average Bonchev–Trinajstić information content (AvgIpc) is 2.36. The summed E-state index contributed by atoms with van der Waals surface area (Å²) in [5.41, 5.74) is 0.753. The maximum absolute atomic E-state index is 11.7. The summed E-state index contributed by atoms with van der Waals surface area (Å²) in [5, 5.41) is 2.59. The number of ether oxygens (including phenoxy) is 1. The maximum Gasteiger partial charge on any atom is 0.269 e. The summed E-state index contributed by atoms with van der Waals surface area (Å²) in [4.78, 5) is 15.5. The van der Waals surface area contributed by atoms with Crippen LogP contribution >= 0.6 is 0 Å². The summed E-state index contributed by atoms with van der Waals surface area (Å²) in [6.07, 6.45) is 1.46. The lowest BCUT2D eigenvalue weighted by molar-refractivity contribution is 0.0932. The molecule has 0 saturated heterocycles. The number of pyridine rings is 1. The fraction of sp³-hybridized carbons (Fsp3) is 0.455. The van der Waals surface area contributed by atoms with Gasteiger partial charge in [0, 0.05) is 25.6 Å². The Hall–Kier alpha value is -1.51. The van der Waals surface area contributed by atoms with Crippen LogP contribution in [0.1, 0.15) is 16.1 Å². The Kier molecular flexibility index (Phi) is 5.87. The molecule has 0 fully saturated rings. The van der Waals surface area contributed by atoms with Crippen LogP contribution < -0.4 is 5.32 Å². The van der Waals surface area contributed by atoms with Gasteiger partial charge in [0.15, 0.2) is 0 Å². The lowest BCUT2D eigenvalue weighted by Crippen LogP contribution is -2.27. The minimum atomic E-state index is -4.26. The zero-order valence-corrected chi connectivity index (χ0v) is 11.3. The number of amides is 1. The standard InChI is InChI=1S/C11H16N2O5S/c1-18-6-5-13-11(14)10-8-9(2-4-12-10)3-7-19(15,16)17/h2,4,8H,3,5-7H2,1H3,(H,13,14)(H,15,16,17)/p-1. The van der Waals surface area contributed by atoms with E-state index in [2.05, 4.69) is 10.3 Å². The summed E-state index contributed by atoms with van der Waals surface area (Å²) >= 11 is 0. The normalized spacial score (nSPS) is 11.3. The number of nitrogens with zero attached hydrogens (tertiary/aromatic N) is 1. The van der Waals surface area contributed by atoms with E-state index in [0.29, 0.717) is 18.7 Å². The molecule has 1 N–H and O–H groups in total. The van der Waals surface area contributed by atoms with Crippen LogP contribution in [0.3, 0.4) is 0 Å². The molecule has 1 heterocycles. The number of carbonyl (C=O) groups excluding carboxylic acids is 1. The van der Waals surface area contributed by atoms with Crippen molar-refractivity contribution < 1.29 is 22.5 Å². The van der Waals surface area contributed by atoms with Crippen LogP contribution in [0.2, 0.25) is 0 Å². The number of methoxy groups -OCH3 is 1. The molecule has 7 nitrogen and oxygen atoms in total. The van der Waals surface area contributed by atoms with Crippen molar-refractivity contribution in [3.05, 3.63) is 29.6 Å². The highest BCUT2D eigenvalue weighted by atomic mass is 32.2. The highest BCUT2D eigenvalue weighted by molar-refractivity contribution is 7.85. The van der Waals surface area contributed by atoms with Gasteiger partial charge in [-0.05, 0) is 24.1 Å². The molecule has 0 aromatic carbocycles. The van der Waals surface area contributed by atoms with Gasteiger partial charge in [-0.1, -0.05) is 0 Å². The Bertz CT molecular complexity index is 530. The lowest BCUT2D eigenvalue weighted by Gasteiger charge is -2.08. The first-order valence-corrected chi connectivity index (χ1v) is 7.16. The Balaban J connectivity index is 2.63. The van der Waals surface area contributed by atoms with Crippen molar-refractivity contribution in [2.24, 2.45) is 0 Å². The minimum Gasteiger partial charge on any atom is -0.748 e. The maximum atomic E-state index is 11.7. The second-order valence-electron chi connectivity index (χ2n) is 3.81. The molecule has 106 valence electrons. The van der Waals surface area contributed by atoms with Gasteiger partial charge in [0.1, 0.15) is 5.69 Å². The molecular formula is C11H15N2O5S-. The fourth-order valence-electron chi connectivity index (χ4n) is 1.35. The lowest BCUT2D eigenvalue weighted by atomic mass is 10.2. The van der Waals surface area contributed by atoms with Gasteiger partial charge in [-0.2, -0.15) is 0 Å². The molecule has 0 aliphatic rings. The highest BCUT2D eigenvalue weighted by Gasteiger charge is 2.07. The number of hydrogen-bond donors (Lipinski definition) is 1. The number of nitrogens with one attached hydrogen (secondary N) is 1. The molecular weight excluding hydrogens is 272 g/mol. The molecule has 1 rings (SSSR count). The minimum absolute atomic E-state index is 0.0622. The molecule has 0 aliphatic heterocycles. The fourth-order valence-corrected chi connectivity index (χ4v) is 1.84. The molecule has 19 heavy (non-hydrogen) atoms. The van der Waals surface area contributed by atoms with Crippen LogP contribution in [0.4, 0.5) is 0 Å². The van der Waals surface area contributed by atoms with E-state index in [-0.39, 0.29) is 18.0 Å². The molecule has 0 atom stereocenters. The number of hydrogen-bond acceptors (Lipinski definition) is 6. The third-order valence-electron chi connectivity index (χ3n) is 2.29. The number of aromatic nitrogens is 1. The Morgan fingerprint density at radius 3 is 2.89 bits per heavy atom. The van der Waals surface area contributed by atoms with E-state index in [9.17, 15) is 17.8 Å². The molecule has 1 aromatic rings. The van der Waals surface area contributed by atoms with Crippen molar-refractivity contribution >= 4 is 16.0 Å². The smallest absolute Gasteiger partial charge is 0.269 e. The first-order chi connectivity index (χ1) is 8.92. The molecule has 0 spiro atoms. The van der Waals surface area contributed by atoms with Crippen LogP contribution in [0.25, 0.3) is 0 Å². The average molecular weight is 287 g/mol. The molecule has 1 amide bonds. The van der Waals surface area contributed by atoms with Crippen LogP contribution in [-0.4, -0.2) is 49.9 Å². The quantitative estimate of drug-likeness (QED) is 0.537. The zero-order chi connectivity index (χ0) is 14.3. The first kappa shape index (κ1) is 15.5. The molecule has 8 heteroatoms. The van der Waals surface area contributed by atoms with Crippen LogP contribution in [0, 0.1) is 0 Å². The van der Waals surface area contributed by atoms with Crippen LogP contribution in [-0.2, 0) is 21.3 Å². The van der Waals surface area contributed by atoms with Crippen molar-refractivity contribution in [2.75, 3.05) is 26.0 Å². The van der Waals surface area contributed by atoms with Gasteiger partial charge >= 0.3 is 0 Å². The molecule has 1 aromatic heterocycles. The Morgan fingerprint density at radius 1 is 1.53 bits per heavy atom. The Morgan fingerprint density at radius 2 is 2.26 bits per heavy atom. The predicted molar refractivity (Wildman–Crippen MR) is 66.7 cm³/mol. The van der Waals surface area contributed by atoms with Crippen LogP contribution in [0.5, 0.6) is 0 Å². The number of carbonyl (C=O) groups is 1. The monoisotopic (exact) mass is 287 g/mol. The van der Waals surface area contributed by atoms with Crippen molar-refractivity contribution in [1.29, 1.82) is 0 Å². The van der Waals surface area contributed by atoms with Gasteiger partial charge in [-0.25, -0.2) is 8.42 Å². The van der Waals surface area contributed by atoms with Crippen molar-refractivity contribution in [2.45, 2.75) is 6.42 Å². The largest absolute Gasteiger partial charge is 0.748 e. The topological polar surface area (TPSA) is 108 Å². The van der Waals surface area contributed by atoms with Gasteiger partial charge in [-0.3, -0.25) is 9.78 Å². The predicted octanol–water partition coefficient (Wildman–Crippen LogP) is -0.454. The van der Waals surface area contributed by atoms with Gasteiger partial charge in [0.2, 0.25) is 0 Å². The van der Waals surface area contributed by atoms with E-state index in [1.165, 1.54) is 19.4 Å². The highest BCUT2D eigenvalue weighted by Crippen LogP contribution is 2.04. The van der Waals surface area contributed by atoms with Crippen LogP contribution in [0.15, 0.2) is 18.3 Å². The van der Waals surface area contributed by atoms with Crippen molar-refractivity contribution in [1.82, 2.24) is 10.3 Å². The van der Waals surface area contributed by atoms with Gasteiger partial charge in [0.25, 0.3) is 5.91 Å². The SMILES string of the molecule is COCCNC(=O)c1cc(CCS(=O)(=O)[O-])ccn1. The van der Waals surface area contributed by atoms with Crippen molar-refractivity contribution in [3.63, 3.8) is 0 Å². The van der Waals surface area contributed by atoms with E-state index < -0.39 is 15.9 Å². The summed E-state index contributed by atoms with van der Waals surface area (Å²) in [5.74, 6) is -0.870. The molecule has 0 aliphatic carbocycles. The van der Waals surface area contributed by atoms with Gasteiger partial charge in [-0.15, -0.1) is 0 Å². The van der Waals surface area contributed by atoms with Gasteiger partial charge in [0.05, 0.1) is 16.7 Å².